The molecule has 60 valence electrons. The third-order valence-corrected chi connectivity index (χ3v) is 1.53. The molecule has 2 aromatic rings. The molecule has 2 aromatic heterocycles. The van der Waals surface area contributed by atoms with Crippen LogP contribution in [0.2, 0.25) is 0 Å². The van der Waals surface area contributed by atoms with Crippen LogP contribution in [0.3, 0.4) is 0 Å². The number of aromatic nitrogens is 3. The Kier molecular flexibility index (Phi) is 1.59. The van der Waals surface area contributed by atoms with Gasteiger partial charge in [0, 0.05) is 17.5 Å². The van der Waals surface area contributed by atoms with E-state index in [0.29, 0.717) is 5.82 Å². The van der Waals surface area contributed by atoms with E-state index in [2.05, 4.69) is 19.6 Å². The zero-order valence-electron chi connectivity index (χ0n) is 6.56. The van der Waals surface area contributed by atoms with E-state index < -0.39 is 0 Å². The van der Waals surface area contributed by atoms with Crippen LogP contribution >= 0.6 is 0 Å². The van der Waals surface area contributed by atoms with Crippen molar-refractivity contribution in [3.05, 3.63) is 30.4 Å². The van der Waals surface area contributed by atoms with E-state index in [1.54, 1.807) is 6.20 Å². The molecule has 0 aliphatic rings. The minimum Gasteiger partial charge on any atom is -0.342 e. The summed E-state index contributed by atoms with van der Waals surface area (Å²) in [5, 5.41) is 3.69. The number of hydrogen-bond donors (Lipinski definition) is 0. The van der Waals surface area contributed by atoms with E-state index in [1.165, 1.54) is 6.39 Å². The number of rotatable bonds is 1. The Morgan fingerprint density at radius 2 is 2.17 bits per heavy atom. The predicted molar refractivity (Wildman–Crippen MR) is 42.3 cm³/mol. The van der Waals surface area contributed by atoms with Gasteiger partial charge in [0.25, 0.3) is 0 Å². The molecule has 2 heterocycles. The number of pyridine rings is 1. The average Bonchev–Trinajstić information content (AvgIpc) is 2.58. The first-order chi connectivity index (χ1) is 5.86. The molecule has 0 saturated carbocycles. The van der Waals surface area contributed by atoms with Gasteiger partial charge in [-0.25, -0.2) is 0 Å². The van der Waals surface area contributed by atoms with Gasteiger partial charge >= 0.3 is 0 Å². The second kappa shape index (κ2) is 2.73. The molecule has 0 fully saturated rings. The van der Waals surface area contributed by atoms with Crippen LogP contribution in [-0.2, 0) is 0 Å². The van der Waals surface area contributed by atoms with Crippen molar-refractivity contribution < 1.29 is 4.52 Å². The minimum absolute atomic E-state index is 0.572. The Morgan fingerprint density at radius 3 is 2.75 bits per heavy atom. The molecule has 0 atom stereocenters. The lowest BCUT2D eigenvalue weighted by molar-refractivity contribution is 0.418. The zero-order chi connectivity index (χ0) is 8.39. The van der Waals surface area contributed by atoms with Crippen molar-refractivity contribution in [3.63, 3.8) is 0 Å². The van der Waals surface area contributed by atoms with E-state index in [-0.39, 0.29) is 0 Å². The van der Waals surface area contributed by atoms with Crippen molar-refractivity contribution in [3.8, 4) is 11.4 Å². The van der Waals surface area contributed by atoms with Gasteiger partial charge in [0.15, 0.2) is 0 Å². The van der Waals surface area contributed by atoms with Crippen LogP contribution in [0, 0.1) is 6.92 Å². The van der Waals surface area contributed by atoms with E-state index in [9.17, 15) is 0 Å². The monoisotopic (exact) mass is 161 g/mol. The fourth-order valence-corrected chi connectivity index (χ4v) is 0.898. The standard InChI is InChI=1S/C8H7N3O/c1-6-2-3-7(4-9-6)8-10-5-12-11-8/h2-5H,1H3. The molecule has 4 heteroatoms. The quantitative estimate of drug-likeness (QED) is 0.635. The first kappa shape index (κ1) is 6.97. The van der Waals surface area contributed by atoms with Gasteiger partial charge in [0.05, 0.1) is 0 Å². The molecular formula is C8H7N3O. The van der Waals surface area contributed by atoms with E-state index in [0.717, 1.165) is 11.3 Å². The van der Waals surface area contributed by atoms with Gasteiger partial charge in [0.1, 0.15) is 0 Å². The fourth-order valence-electron chi connectivity index (χ4n) is 0.898. The van der Waals surface area contributed by atoms with Crippen molar-refractivity contribution in [2.24, 2.45) is 0 Å². The van der Waals surface area contributed by atoms with Gasteiger partial charge in [-0.15, -0.1) is 0 Å². The lowest BCUT2D eigenvalue weighted by Crippen LogP contribution is -1.83. The third-order valence-electron chi connectivity index (χ3n) is 1.53. The number of hydrogen-bond acceptors (Lipinski definition) is 4. The molecule has 0 N–H and O–H groups in total. The molecule has 4 nitrogen and oxygen atoms in total. The summed E-state index contributed by atoms with van der Waals surface area (Å²) < 4.78 is 4.61. The topological polar surface area (TPSA) is 51.8 Å². The van der Waals surface area contributed by atoms with Crippen molar-refractivity contribution in [1.82, 2.24) is 15.1 Å². The summed E-state index contributed by atoms with van der Waals surface area (Å²) >= 11 is 0. The molecule has 12 heavy (non-hydrogen) atoms. The molecule has 0 bridgehead atoms. The third kappa shape index (κ3) is 1.18. The van der Waals surface area contributed by atoms with Crippen LogP contribution < -0.4 is 0 Å². The number of aryl methyl sites for hydroxylation is 1. The second-order valence-corrected chi connectivity index (χ2v) is 2.44. The highest BCUT2D eigenvalue weighted by molar-refractivity contribution is 5.51. The normalized spacial score (nSPS) is 10.1. The highest BCUT2D eigenvalue weighted by Gasteiger charge is 2.01. The van der Waals surface area contributed by atoms with Crippen LogP contribution in [0.25, 0.3) is 11.4 Å². The van der Waals surface area contributed by atoms with E-state index >= 15 is 0 Å². The van der Waals surface area contributed by atoms with Crippen molar-refractivity contribution in [2.45, 2.75) is 6.92 Å². The van der Waals surface area contributed by atoms with Crippen molar-refractivity contribution in [2.75, 3.05) is 0 Å². The maximum atomic E-state index is 4.61. The van der Waals surface area contributed by atoms with Crippen LogP contribution in [0.4, 0.5) is 0 Å². The second-order valence-electron chi connectivity index (χ2n) is 2.44. The molecule has 0 saturated heterocycles. The maximum Gasteiger partial charge on any atom is 0.214 e. The highest BCUT2D eigenvalue weighted by Crippen LogP contribution is 2.11. The molecule has 0 aromatic carbocycles. The van der Waals surface area contributed by atoms with Gasteiger partial charge in [-0.2, -0.15) is 4.98 Å². The van der Waals surface area contributed by atoms with Gasteiger partial charge in [-0.1, -0.05) is 5.16 Å². The fraction of sp³-hybridized carbons (Fsp3) is 0.125. The summed E-state index contributed by atoms with van der Waals surface area (Å²) in [6, 6.07) is 3.82. The molecule has 0 aliphatic heterocycles. The molecule has 0 spiro atoms. The zero-order valence-corrected chi connectivity index (χ0v) is 6.56. The Hall–Kier alpha value is -1.71. The Morgan fingerprint density at radius 1 is 1.25 bits per heavy atom. The van der Waals surface area contributed by atoms with Gasteiger partial charge in [-0.3, -0.25) is 4.98 Å². The minimum atomic E-state index is 0.572. The van der Waals surface area contributed by atoms with Crippen molar-refractivity contribution >= 4 is 0 Å². The summed E-state index contributed by atoms with van der Waals surface area (Å²) in [6.45, 7) is 1.93. The molecule has 0 amide bonds. The molecule has 0 radical (unpaired) electrons. The SMILES string of the molecule is Cc1ccc(-c2ncon2)cn1. The Balaban J connectivity index is 2.43. The predicted octanol–water partition coefficient (Wildman–Crippen LogP) is 1.44. The van der Waals surface area contributed by atoms with Crippen LogP contribution in [0.15, 0.2) is 29.2 Å². The van der Waals surface area contributed by atoms with Crippen LogP contribution in [0.5, 0.6) is 0 Å². The largest absolute Gasteiger partial charge is 0.342 e. The van der Waals surface area contributed by atoms with Gasteiger partial charge in [0.2, 0.25) is 12.2 Å². The van der Waals surface area contributed by atoms with E-state index in [4.69, 9.17) is 0 Å². The lowest BCUT2D eigenvalue weighted by atomic mass is 10.2. The summed E-state index contributed by atoms with van der Waals surface area (Å²) in [4.78, 5) is 8.01. The number of nitrogens with zero attached hydrogens (tertiary/aromatic N) is 3. The molecule has 0 aliphatic carbocycles. The van der Waals surface area contributed by atoms with Crippen LogP contribution in [-0.4, -0.2) is 15.1 Å². The summed E-state index contributed by atoms with van der Waals surface area (Å²) in [6.07, 6.45) is 3.02. The summed E-state index contributed by atoms with van der Waals surface area (Å²) in [7, 11) is 0. The van der Waals surface area contributed by atoms with Crippen molar-refractivity contribution in [1.29, 1.82) is 0 Å². The Bertz CT molecular complexity index is 352. The molecule has 2 rings (SSSR count). The van der Waals surface area contributed by atoms with E-state index in [1.807, 2.05) is 19.1 Å². The first-order valence-electron chi connectivity index (χ1n) is 3.55. The molecular weight excluding hydrogens is 154 g/mol. The van der Waals surface area contributed by atoms with Crippen LogP contribution in [0.1, 0.15) is 5.69 Å². The van der Waals surface area contributed by atoms with Gasteiger partial charge < -0.3 is 4.52 Å². The van der Waals surface area contributed by atoms with Gasteiger partial charge in [-0.05, 0) is 19.1 Å². The maximum absolute atomic E-state index is 4.61. The summed E-state index contributed by atoms with van der Waals surface area (Å²) in [5.74, 6) is 0.572. The lowest BCUT2D eigenvalue weighted by Gasteiger charge is -1.93. The average molecular weight is 161 g/mol. The first-order valence-corrected chi connectivity index (χ1v) is 3.55. The smallest absolute Gasteiger partial charge is 0.214 e. The highest BCUT2D eigenvalue weighted by atomic mass is 16.5. The summed E-state index contributed by atoms with van der Waals surface area (Å²) in [5.41, 5.74) is 1.84. The Labute approximate surface area is 69.3 Å². The molecule has 0 unspecified atom stereocenters.